The fourth-order valence-electron chi connectivity index (χ4n) is 1.44. The summed E-state index contributed by atoms with van der Waals surface area (Å²) in [5.74, 6) is 0.592. The van der Waals surface area contributed by atoms with Gasteiger partial charge in [0, 0.05) is 11.8 Å². The summed E-state index contributed by atoms with van der Waals surface area (Å²) < 4.78 is 5.30. The van der Waals surface area contributed by atoms with Crippen LogP contribution in [0, 0.1) is 0 Å². The molecule has 0 saturated carbocycles. The molecular formula is C13H12ClN3O2. The molecule has 0 saturated heterocycles. The van der Waals surface area contributed by atoms with Gasteiger partial charge in [0.1, 0.15) is 10.9 Å². The maximum Gasteiger partial charge on any atom is 0.258 e. The van der Waals surface area contributed by atoms with Gasteiger partial charge in [0.25, 0.3) is 5.91 Å². The highest BCUT2D eigenvalue weighted by Crippen LogP contribution is 2.13. The Morgan fingerprint density at radius 2 is 2.05 bits per heavy atom. The molecule has 0 spiro atoms. The molecular weight excluding hydrogens is 266 g/mol. The van der Waals surface area contributed by atoms with Gasteiger partial charge in [0.15, 0.2) is 0 Å². The van der Waals surface area contributed by atoms with E-state index in [1.165, 1.54) is 12.3 Å². The second-order valence-corrected chi connectivity index (χ2v) is 4.00. The number of ether oxygens (including phenoxy) is 1. The summed E-state index contributed by atoms with van der Waals surface area (Å²) >= 11 is 5.71. The predicted octanol–water partition coefficient (Wildman–Crippen LogP) is 2.78. The van der Waals surface area contributed by atoms with Crippen molar-refractivity contribution in [1.82, 2.24) is 9.97 Å². The number of anilines is 1. The van der Waals surface area contributed by atoms with Crippen molar-refractivity contribution < 1.29 is 9.53 Å². The van der Waals surface area contributed by atoms with Crippen molar-refractivity contribution in [3.8, 4) is 5.75 Å². The summed E-state index contributed by atoms with van der Waals surface area (Å²) in [7, 11) is 0. The first-order valence-corrected chi connectivity index (χ1v) is 6.09. The molecule has 1 heterocycles. The second-order valence-electron chi connectivity index (χ2n) is 3.61. The lowest BCUT2D eigenvalue weighted by Gasteiger charge is -2.05. The van der Waals surface area contributed by atoms with Crippen molar-refractivity contribution >= 4 is 23.5 Å². The first-order chi connectivity index (χ1) is 9.19. The van der Waals surface area contributed by atoms with E-state index in [0.29, 0.717) is 12.2 Å². The van der Waals surface area contributed by atoms with Crippen LogP contribution in [0.1, 0.15) is 17.3 Å². The van der Waals surface area contributed by atoms with Gasteiger partial charge in [-0.05, 0) is 37.3 Å². The maximum absolute atomic E-state index is 11.9. The number of nitrogens with zero attached hydrogens (tertiary/aromatic N) is 2. The van der Waals surface area contributed by atoms with Crippen LogP contribution in [-0.2, 0) is 0 Å². The van der Waals surface area contributed by atoms with E-state index in [0.717, 1.165) is 5.75 Å². The number of aromatic nitrogens is 2. The molecule has 0 fully saturated rings. The van der Waals surface area contributed by atoms with Gasteiger partial charge in [-0.2, -0.15) is 0 Å². The van der Waals surface area contributed by atoms with Crippen LogP contribution >= 0.6 is 11.6 Å². The first-order valence-electron chi connectivity index (χ1n) is 5.72. The molecule has 6 heteroatoms. The molecule has 2 aromatic rings. The van der Waals surface area contributed by atoms with Crippen LogP contribution in [-0.4, -0.2) is 22.5 Å². The minimum atomic E-state index is -0.301. The lowest BCUT2D eigenvalue weighted by atomic mass is 10.2. The van der Waals surface area contributed by atoms with Gasteiger partial charge in [-0.15, -0.1) is 0 Å². The van der Waals surface area contributed by atoms with E-state index in [1.807, 2.05) is 6.92 Å². The maximum atomic E-state index is 11.9. The highest BCUT2D eigenvalue weighted by molar-refractivity contribution is 6.29. The van der Waals surface area contributed by atoms with E-state index in [1.54, 1.807) is 24.3 Å². The molecule has 1 aromatic heterocycles. The third-order valence-corrected chi connectivity index (χ3v) is 2.48. The van der Waals surface area contributed by atoms with E-state index in [9.17, 15) is 4.79 Å². The number of nitrogens with one attached hydrogen (secondary N) is 1. The molecule has 0 atom stereocenters. The Morgan fingerprint density at radius 3 is 2.68 bits per heavy atom. The normalized spacial score (nSPS) is 10.0. The predicted molar refractivity (Wildman–Crippen MR) is 72.6 cm³/mol. The quantitative estimate of drug-likeness (QED) is 0.873. The lowest BCUT2D eigenvalue weighted by Crippen LogP contribution is -2.14. The fourth-order valence-corrected chi connectivity index (χ4v) is 1.58. The Balaban J connectivity index is 2.07. The number of halogens is 1. The van der Waals surface area contributed by atoms with Crippen LogP contribution in [0.15, 0.2) is 36.5 Å². The SMILES string of the molecule is CCOc1ccc(C(=O)Nc2nccc(Cl)n2)cc1. The van der Waals surface area contributed by atoms with Gasteiger partial charge < -0.3 is 4.74 Å². The minimum Gasteiger partial charge on any atom is -0.494 e. The van der Waals surface area contributed by atoms with Crippen molar-refractivity contribution in [2.45, 2.75) is 6.92 Å². The van der Waals surface area contributed by atoms with Crippen LogP contribution < -0.4 is 10.1 Å². The first kappa shape index (κ1) is 13.3. The molecule has 0 radical (unpaired) electrons. The average molecular weight is 278 g/mol. The summed E-state index contributed by atoms with van der Waals surface area (Å²) in [5.41, 5.74) is 0.493. The van der Waals surface area contributed by atoms with Gasteiger partial charge in [0.05, 0.1) is 6.61 Å². The number of hydrogen-bond donors (Lipinski definition) is 1. The van der Waals surface area contributed by atoms with Crippen LogP contribution in [0.3, 0.4) is 0 Å². The summed E-state index contributed by atoms with van der Waals surface area (Å²) in [5, 5.41) is 2.84. The molecule has 0 aliphatic carbocycles. The molecule has 2 rings (SSSR count). The fraction of sp³-hybridized carbons (Fsp3) is 0.154. The number of rotatable bonds is 4. The number of carbonyl (C=O) groups excluding carboxylic acids is 1. The number of benzene rings is 1. The third kappa shape index (κ3) is 3.66. The lowest BCUT2D eigenvalue weighted by molar-refractivity contribution is 0.102. The van der Waals surface area contributed by atoms with E-state index >= 15 is 0 Å². The van der Waals surface area contributed by atoms with Crippen LogP contribution in [0.4, 0.5) is 5.95 Å². The Kier molecular flexibility index (Phi) is 4.30. The number of hydrogen-bond acceptors (Lipinski definition) is 4. The molecule has 5 nitrogen and oxygen atoms in total. The van der Waals surface area contributed by atoms with E-state index in [4.69, 9.17) is 16.3 Å². The van der Waals surface area contributed by atoms with Gasteiger partial charge >= 0.3 is 0 Å². The zero-order chi connectivity index (χ0) is 13.7. The Labute approximate surface area is 115 Å². The Morgan fingerprint density at radius 1 is 1.32 bits per heavy atom. The summed E-state index contributed by atoms with van der Waals surface area (Å²) in [6.07, 6.45) is 1.48. The van der Waals surface area contributed by atoms with Gasteiger partial charge in [-0.3, -0.25) is 10.1 Å². The Hall–Kier alpha value is -2.14. The summed E-state index contributed by atoms with van der Waals surface area (Å²) in [6.45, 7) is 2.49. The smallest absolute Gasteiger partial charge is 0.258 e. The largest absolute Gasteiger partial charge is 0.494 e. The summed E-state index contributed by atoms with van der Waals surface area (Å²) in [6, 6.07) is 8.35. The second kappa shape index (κ2) is 6.15. The molecule has 0 aliphatic heterocycles. The topological polar surface area (TPSA) is 64.1 Å². The standard InChI is InChI=1S/C13H12ClN3O2/c1-2-19-10-5-3-9(4-6-10)12(18)17-13-15-8-7-11(14)16-13/h3-8H,2H2,1H3,(H,15,16,17,18). The van der Waals surface area contributed by atoms with E-state index in [2.05, 4.69) is 15.3 Å². The van der Waals surface area contributed by atoms with Crippen molar-refractivity contribution in [3.63, 3.8) is 0 Å². The number of amides is 1. The van der Waals surface area contributed by atoms with Gasteiger partial charge in [-0.25, -0.2) is 9.97 Å². The molecule has 1 N–H and O–H groups in total. The Bertz CT molecular complexity index is 572. The summed E-state index contributed by atoms with van der Waals surface area (Å²) in [4.78, 5) is 19.7. The number of carbonyl (C=O) groups is 1. The van der Waals surface area contributed by atoms with Crippen molar-refractivity contribution in [2.24, 2.45) is 0 Å². The van der Waals surface area contributed by atoms with Crippen molar-refractivity contribution in [2.75, 3.05) is 11.9 Å². The zero-order valence-electron chi connectivity index (χ0n) is 10.3. The highest BCUT2D eigenvalue weighted by Gasteiger charge is 2.08. The zero-order valence-corrected chi connectivity index (χ0v) is 11.0. The minimum absolute atomic E-state index is 0.173. The molecule has 1 aromatic carbocycles. The molecule has 19 heavy (non-hydrogen) atoms. The van der Waals surface area contributed by atoms with Gasteiger partial charge in [0.2, 0.25) is 5.95 Å². The molecule has 0 unspecified atom stereocenters. The highest BCUT2D eigenvalue weighted by atomic mass is 35.5. The molecule has 0 bridgehead atoms. The molecule has 98 valence electrons. The third-order valence-electron chi connectivity index (χ3n) is 2.27. The van der Waals surface area contributed by atoms with Crippen LogP contribution in [0.5, 0.6) is 5.75 Å². The van der Waals surface area contributed by atoms with Crippen LogP contribution in [0.2, 0.25) is 5.15 Å². The van der Waals surface area contributed by atoms with Crippen molar-refractivity contribution in [1.29, 1.82) is 0 Å². The van der Waals surface area contributed by atoms with Crippen LogP contribution in [0.25, 0.3) is 0 Å². The molecule has 0 aliphatic rings. The monoisotopic (exact) mass is 277 g/mol. The van der Waals surface area contributed by atoms with E-state index < -0.39 is 0 Å². The average Bonchev–Trinajstić information content (AvgIpc) is 2.40. The van der Waals surface area contributed by atoms with Gasteiger partial charge in [-0.1, -0.05) is 11.6 Å². The van der Waals surface area contributed by atoms with E-state index in [-0.39, 0.29) is 17.0 Å². The van der Waals surface area contributed by atoms with Crippen molar-refractivity contribution in [3.05, 3.63) is 47.2 Å². The molecule has 1 amide bonds.